The molecule has 35 heteroatoms. The van der Waals surface area contributed by atoms with Crippen LogP contribution in [-0.4, -0.2) is 158 Å². The number of hydrogen-bond donors (Lipinski definition) is 12. The van der Waals surface area contributed by atoms with E-state index in [1.165, 1.54) is 46.2 Å². The van der Waals surface area contributed by atoms with E-state index >= 15 is 0 Å². The first-order valence-corrected chi connectivity index (χ1v) is 42.0. The third-order valence-corrected chi connectivity index (χ3v) is 22.0. The summed E-state index contributed by atoms with van der Waals surface area (Å²) >= 11 is 0. The number of hydrogen-bond acceptors (Lipinski definition) is 33. The third-order valence-electron chi connectivity index (χ3n) is 22.0. The van der Waals surface area contributed by atoms with Gasteiger partial charge in [-0.1, -0.05) is 63.5 Å². The molecule has 4 aromatic carbocycles. The van der Waals surface area contributed by atoms with Crippen LogP contribution in [0.2, 0.25) is 0 Å². The number of anilines is 12. The fourth-order valence-electron chi connectivity index (χ4n) is 15.1. The van der Waals surface area contributed by atoms with Crippen molar-refractivity contribution in [2.75, 3.05) is 49.6 Å². The Kier molecular flexibility index (Phi) is 30.6. The molecule has 0 radical (unpaired) electrons. The summed E-state index contributed by atoms with van der Waals surface area (Å²) in [6, 6.07) is 28.7. The van der Waals surface area contributed by atoms with Crippen LogP contribution in [0, 0.1) is 19.3 Å². The topological polar surface area (TPSA) is 488 Å². The largest absolute Gasteiger partial charge is 0.496 e. The number of aryl methyl sites for hydroxylation is 1. The van der Waals surface area contributed by atoms with Crippen molar-refractivity contribution < 1.29 is 28.3 Å². The molecule has 8 atom stereocenters. The molecule has 4 aliphatic carbocycles. The molecular formula is C91H102FN29O5. The Morgan fingerprint density at radius 1 is 0.373 bits per heavy atom. The Morgan fingerprint density at radius 3 is 0.976 bits per heavy atom. The second kappa shape index (κ2) is 43.1. The van der Waals surface area contributed by atoms with Crippen LogP contribution >= 0.6 is 0 Å². The first-order chi connectivity index (χ1) is 61.1. The number of methoxy groups -OCH3 is 1. The van der Waals surface area contributed by atoms with Crippen molar-refractivity contribution in [2.24, 2.45) is 22.9 Å². The van der Waals surface area contributed by atoms with Crippen LogP contribution in [0.5, 0.6) is 5.75 Å². The van der Waals surface area contributed by atoms with E-state index in [4.69, 9.17) is 34.2 Å². The number of aromatic nitrogens is 16. The Morgan fingerprint density at radius 2 is 0.651 bits per heavy atom. The molecular weight excluding hydrogens is 1600 g/mol. The summed E-state index contributed by atoms with van der Waals surface area (Å²) in [6.07, 6.45) is 36.0. The number of ether oxygens (including phenoxy) is 1. The molecule has 0 bridgehead atoms. The van der Waals surface area contributed by atoms with Crippen LogP contribution in [0.3, 0.4) is 0 Å². The maximum atomic E-state index is 14.4. The van der Waals surface area contributed by atoms with E-state index in [1.807, 2.05) is 43.3 Å². The number of halogens is 1. The molecule has 8 aromatic heterocycles. The summed E-state index contributed by atoms with van der Waals surface area (Å²) in [5.74, 6) is 4.84. The minimum absolute atomic E-state index is 0.0340. The molecule has 648 valence electrons. The predicted octanol–water partition coefficient (Wildman–Crippen LogP) is 15.3. The fourth-order valence-corrected chi connectivity index (χ4v) is 15.1. The highest BCUT2D eigenvalue weighted by Gasteiger charge is 2.29. The van der Waals surface area contributed by atoms with E-state index in [0.717, 1.165) is 131 Å². The van der Waals surface area contributed by atoms with Gasteiger partial charge in [-0.05, 0) is 176 Å². The number of nitrogens with zero attached hydrogens (tertiary/aromatic N) is 17. The van der Waals surface area contributed by atoms with E-state index in [2.05, 4.69) is 127 Å². The van der Waals surface area contributed by atoms with Crippen LogP contribution in [-0.2, 0) is 0 Å². The second-order valence-corrected chi connectivity index (χ2v) is 31.1. The number of nitrogens with two attached hydrogens (primary N) is 4. The van der Waals surface area contributed by atoms with Gasteiger partial charge in [0.15, 0.2) is 46.3 Å². The van der Waals surface area contributed by atoms with Gasteiger partial charge in [0.2, 0.25) is 23.8 Å². The summed E-state index contributed by atoms with van der Waals surface area (Å²) < 4.78 is 19.8. The summed E-state index contributed by atoms with van der Waals surface area (Å²) in [5.41, 5.74) is 33.2. The van der Waals surface area contributed by atoms with Crippen molar-refractivity contribution in [3.05, 3.63) is 216 Å². The van der Waals surface area contributed by atoms with E-state index < -0.39 is 5.82 Å². The summed E-state index contributed by atoms with van der Waals surface area (Å²) in [6.45, 7) is 15.4. The van der Waals surface area contributed by atoms with Crippen molar-refractivity contribution in [3.8, 4) is 51.3 Å². The number of nitrogens with one attached hydrogen (secondary N) is 8. The zero-order valence-corrected chi connectivity index (χ0v) is 70.9. The van der Waals surface area contributed by atoms with Crippen LogP contribution in [0.25, 0.3) is 50.4 Å². The minimum atomic E-state index is -0.445. The molecule has 8 heterocycles. The first kappa shape index (κ1) is 89.4. The molecule has 4 fully saturated rings. The predicted molar refractivity (Wildman–Crippen MR) is 484 cm³/mol. The van der Waals surface area contributed by atoms with Gasteiger partial charge in [0.25, 0.3) is 0 Å². The Bertz CT molecular complexity index is 5630. The van der Waals surface area contributed by atoms with Gasteiger partial charge >= 0.3 is 0 Å². The lowest BCUT2D eigenvalue weighted by Crippen LogP contribution is -2.43. The lowest BCUT2D eigenvalue weighted by atomic mass is 9.91. The van der Waals surface area contributed by atoms with E-state index in [1.54, 1.807) is 124 Å². The summed E-state index contributed by atoms with van der Waals surface area (Å²) in [4.78, 5) is 122. The number of rotatable bonds is 25. The summed E-state index contributed by atoms with van der Waals surface area (Å²) in [7, 11) is 1.60. The highest BCUT2D eigenvalue weighted by Crippen LogP contribution is 2.37. The van der Waals surface area contributed by atoms with E-state index in [9.17, 15) is 23.6 Å². The van der Waals surface area contributed by atoms with Gasteiger partial charge in [0, 0.05) is 157 Å². The maximum absolute atomic E-state index is 14.4. The SMILES string of the molecule is CC(=O)c1cnc(N[C@@H]2CCCC[C@@H]2N)nc1Nc1ccc(C)c(-c2ncccn2)c1.CC(=O)c1cnc(N[C@@H]2CCCC[C@@H]2N)nc1Nc1ccc(F)c(-c2ncccn2)c1.COc1ccc(Nc2nc(N[C@@H]3CCCC[C@@H]3N)ncc2C(C)=O)cc1-c1ncccn1.[C-]#[N+]c1ccc(Nc2nc(N[C@@H]3CCCC[C@@H]3N)ncc2C(C)=O)cc1-c1ncccn1. The average Bonchev–Trinajstić information content (AvgIpc) is 0.822. The van der Waals surface area contributed by atoms with Crippen molar-refractivity contribution >= 4 is 98.6 Å². The van der Waals surface area contributed by atoms with Crippen LogP contribution < -0.4 is 70.2 Å². The number of benzene rings is 4. The first-order valence-electron chi connectivity index (χ1n) is 42.0. The molecule has 0 aliphatic heterocycles. The quantitative estimate of drug-likeness (QED) is 0.0187. The van der Waals surface area contributed by atoms with Gasteiger partial charge in [-0.25, -0.2) is 69.0 Å². The molecule has 16 N–H and O–H groups in total. The standard InChI is InChI=1S/C23H24N8O.C23H27N7O2.C23H27N7O.C22H24FN7O/c1-14(32)17-13-28-23(30-20-7-4-3-6-18(20)24)31-22(17)29-15-8-9-19(25-2)16(12-15)21-26-10-5-11-27-21;1-14(31)17-13-27-23(29-19-7-4-3-6-18(19)24)30-22(17)28-15-8-9-20(32-2)16(12-15)21-25-10-5-11-26-21;1-14-8-9-16(12-17(14)21-25-10-5-11-26-21)28-22-18(15(2)31)13-27-23(30-22)29-20-7-4-3-6-19(20)24;1-13(31)16-12-27-22(29-19-6-3-2-5-18(19)24)30-21(16)28-14-7-8-17(23)15(11-14)20-25-9-4-10-26-20/h5,8-13,18,20H,3-4,6-7,24H2,1H3,(H2,28,29,30,31);5,8-13,18-19H,3-4,6-7,24H2,1-2H3,(H2,27,28,29,30);5,8-13,19-20H,3-4,6-7,24H2,1-2H3,(H2,27,28,29,30);4,7-12,18-19H,2-3,5-6,24H2,1H3,(H2,27,28,29,30)/t18-,20+;18-,19+;19-,20+;18-,19+/m0000/s1. The molecule has 12 aromatic rings. The van der Waals surface area contributed by atoms with Gasteiger partial charge in [0.1, 0.15) is 40.7 Å². The lowest BCUT2D eigenvalue weighted by Gasteiger charge is -2.29. The minimum Gasteiger partial charge on any atom is -0.496 e. The van der Waals surface area contributed by atoms with Gasteiger partial charge in [-0.15, -0.1) is 0 Å². The Hall–Kier alpha value is -14.3. The van der Waals surface area contributed by atoms with Crippen LogP contribution in [0.15, 0.2) is 171 Å². The number of ketones is 4. The number of carbonyl (C=O) groups is 4. The second-order valence-electron chi connectivity index (χ2n) is 31.1. The van der Waals surface area contributed by atoms with Gasteiger partial charge in [-0.2, -0.15) is 19.9 Å². The highest BCUT2D eigenvalue weighted by molar-refractivity contribution is 6.01. The van der Waals surface area contributed by atoms with Gasteiger partial charge in [-0.3, -0.25) is 19.2 Å². The molecule has 4 aliphatic rings. The van der Waals surface area contributed by atoms with Crippen molar-refractivity contribution in [1.82, 2.24) is 79.7 Å². The van der Waals surface area contributed by atoms with Gasteiger partial charge < -0.3 is 70.2 Å². The zero-order valence-electron chi connectivity index (χ0n) is 70.9. The number of carbonyl (C=O) groups excluding carboxylic acids is 4. The molecule has 0 spiro atoms. The normalized spacial score (nSPS) is 18.2. The molecule has 34 nitrogen and oxygen atoms in total. The van der Waals surface area contributed by atoms with E-state index in [-0.39, 0.29) is 82.9 Å². The van der Waals surface area contributed by atoms with Crippen LogP contribution in [0.4, 0.5) is 79.9 Å². The van der Waals surface area contributed by atoms with Gasteiger partial charge in [0.05, 0.1) is 47.1 Å². The molecule has 0 unspecified atom stereocenters. The third kappa shape index (κ3) is 23.7. The van der Waals surface area contributed by atoms with E-state index in [0.29, 0.717) is 115 Å². The van der Waals surface area contributed by atoms with Crippen molar-refractivity contribution in [3.63, 3.8) is 0 Å². The molecule has 16 rings (SSSR count). The highest BCUT2D eigenvalue weighted by atomic mass is 19.1. The molecule has 0 amide bonds. The Labute approximate surface area is 729 Å². The number of Topliss-reactive ketones (excluding diaryl/α,β-unsaturated/α-hetero) is 4. The smallest absolute Gasteiger partial charge is 0.224 e. The zero-order chi connectivity index (χ0) is 88.6. The monoisotopic (exact) mass is 1700 g/mol. The van der Waals surface area contributed by atoms with Crippen molar-refractivity contribution in [2.45, 2.75) is 186 Å². The fraction of sp³-hybridized carbons (Fsp3) is 0.330. The van der Waals surface area contributed by atoms with Crippen molar-refractivity contribution in [1.29, 1.82) is 0 Å². The molecule has 126 heavy (non-hydrogen) atoms. The average molecular weight is 1700 g/mol. The lowest BCUT2D eigenvalue weighted by molar-refractivity contribution is 0.100. The summed E-state index contributed by atoms with van der Waals surface area (Å²) in [5, 5.41) is 26.1. The maximum Gasteiger partial charge on any atom is 0.224 e. The molecule has 0 saturated heterocycles. The Balaban J connectivity index is 0.000000144. The molecule has 4 saturated carbocycles. The van der Waals surface area contributed by atoms with Crippen LogP contribution in [0.1, 0.15) is 177 Å².